The molecule has 1 aromatic carbocycles. The van der Waals surface area contributed by atoms with Gasteiger partial charge in [-0.15, -0.1) is 0 Å². The maximum absolute atomic E-state index is 6.28. The molecule has 0 amide bonds. The highest BCUT2D eigenvalue weighted by molar-refractivity contribution is 6.31. The van der Waals surface area contributed by atoms with Crippen molar-refractivity contribution in [3.8, 4) is 0 Å². The molecule has 0 spiro atoms. The molecular weight excluding hydrogens is 242 g/mol. The molecule has 2 heteroatoms. The van der Waals surface area contributed by atoms with Crippen LogP contribution in [0.1, 0.15) is 30.4 Å². The van der Waals surface area contributed by atoms with Crippen LogP contribution in [0.25, 0.3) is 0 Å². The Morgan fingerprint density at radius 2 is 1.94 bits per heavy atom. The summed E-state index contributed by atoms with van der Waals surface area (Å²) in [7, 11) is 0. The fourth-order valence-corrected chi connectivity index (χ4v) is 4.92. The second-order valence-electron chi connectivity index (χ2n) is 6.49. The lowest BCUT2D eigenvalue weighted by molar-refractivity contribution is 0.456. The lowest BCUT2D eigenvalue weighted by atomic mass is 10.0. The number of halogens is 1. The minimum atomic E-state index is 0.800. The molecule has 2 bridgehead atoms. The second kappa shape index (κ2) is 3.98. The van der Waals surface area contributed by atoms with Crippen LogP contribution in [0.4, 0.5) is 0 Å². The van der Waals surface area contributed by atoms with Crippen LogP contribution in [0.3, 0.4) is 0 Å². The zero-order valence-electron chi connectivity index (χ0n) is 10.8. The molecule has 0 aromatic heterocycles. The topological polar surface area (TPSA) is 12.0 Å². The molecule has 3 fully saturated rings. The molecule has 18 heavy (non-hydrogen) atoms. The number of hydrogen-bond donors (Lipinski definition) is 1. The van der Waals surface area contributed by atoms with E-state index in [9.17, 15) is 0 Å². The van der Waals surface area contributed by atoms with Gasteiger partial charge in [0.05, 0.1) is 0 Å². The van der Waals surface area contributed by atoms with Crippen LogP contribution in [-0.2, 0) is 6.54 Å². The normalized spacial score (nSPS) is 40.0. The van der Waals surface area contributed by atoms with Gasteiger partial charge in [-0.2, -0.15) is 0 Å². The van der Waals surface area contributed by atoms with Crippen molar-refractivity contribution >= 4 is 11.6 Å². The van der Waals surface area contributed by atoms with E-state index in [1.165, 1.54) is 30.4 Å². The Morgan fingerprint density at radius 1 is 1.22 bits per heavy atom. The van der Waals surface area contributed by atoms with Crippen LogP contribution < -0.4 is 5.32 Å². The van der Waals surface area contributed by atoms with E-state index in [1.54, 1.807) is 0 Å². The standard InChI is InChI=1S/C16H20ClN/c1-9-2-3-12(13(17)6-9)8-18-16-14-10-4-5-11(7-10)15(14)16/h2-3,6,10-11,14-16,18H,4-5,7-8H2,1H3. The van der Waals surface area contributed by atoms with Crippen LogP contribution in [-0.4, -0.2) is 6.04 Å². The highest BCUT2D eigenvalue weighted by Crippen LogP contribution is 2.65. The summed E-state index contributed by atoms with van der Waals surface area (Å²) in [6, 6.07) is 7.18. The highest BCUT2D eigenvalue weighted by atomic mass is 35.5. The maximum atomic E-state index is 6.28. The summed E-state index contributed by atoms with van der Waals surface area (Å²) >= 11 is 6.28. The van der Waals surface area contributed by atoms with Gasteiger partial charge in [0.15, 0.2) is 0 Å². The molecule has 1 N–H and O–H groups in total. The van der Waals surface area contributed by atoms with Gasteiger partial charge in [0.2, 0.25) is 0 Å². The number of rotatable bonds is 3. The number of benzene rings is 1. The SMILES string of the molecule is Cc1ccc(CNC2C3C4CCC(C4)C23)c(Cl)c1. The summed E-state index contributed by atoms with van der Waals surface area (Å²) < 4.78 is 0. The minimum absolute atomic E-state index is 0.800. The summed E-state index contributed by atoms with van der Waals surface area (Å²) in [5.74, 6) is 4.11. The molecule has 0 aliphatic heterocycles. The summed E-state index contributed by atoms with van der Waals surface area (Å²) in [4.78, 5) is 0. The van der Waals surface area contributed by atoms with Gasteiger partial charge in [0, 0.05) is 17.6 Å². The second-order valence-corrected chi connectivity index (χ2v) is 6.90. The van der Waals surface area contributed by atoms with Crippen molar-refractivity contribution in [3.05, 3.63) is 34.3 Å². The van der Waals surface area contributed by atoms with Crippen LogP contribution in [0, 0.1) is 30.6 Å². The number of aryl methyl sites for hydroxylation is 1. The molecule has 3 aliphatic carbocycles. The van der Waals surface area contributed by atoms with Crippen molar-refractivity contribution in [1.29, 1.82) is 0 Å². The molecular formula is C16H20ClN. The number of hydrogen-bond acceptors (Lipinski definition) is 1. The number of nitrogens with one attached hydrogen (secondary N) is 1. The van der Waals surface area contributed by atoms with Gasteiger partial charge in [0.1, 0.15) is 0 Å². The smallest absolute Gasteiger partial charge is 0.0453 e. The van der Waals surface area contributed by atoms with Gasteiger partial charge in [-0.1, -0.05) is 23.7 Å². The van der Waals surface area contributed by atoms with Gasteiger partial charge >= 0.3 is 0 Å². The fourth-order valence-electron chi connectivity index (χ4n) is 4.62. The Hall–Kier alpha value is -0.530. The van der Waals surface area contributed by atoms with Gasteiger partial charge in [-0.3, -0.25) is 0 Å². The van der Waals surface area contributed by atoms with Gasteiger partial charge in [-0.25, -0.2) is 0 Å². The van der Waals surface area contributed by atoms with Crippen LogP contribution in [0.15, 0.2) is 18.2 Å². The molecule has 96 valence electrons. The van der Waals surface area contributed by atoms with E-state index in [2.05, 4.69) is 30.4 Å². The predicted octanol–water partition coefficient (Wildman–Crippen LogP) is 3.78. The van der Waals surface area contributed by atoms with E-state index >= 15 is 0 Å². The minimum Gasteiger partial charge on any atom is -0.309 e. The van der Waals surface area contributed by atoms with Crippen molar-refractivity contribution < 1.29 is 0 Å². The third-order valence-corrected chi connectivity index (χ3v) is 5.82. The summed E-state index contributed by atoms with van der Waals surface area (Å²) in [5, 5.41) is 4.66. The van der Waals surface area contributed by atoms with Gasteiger partial charge < -0.3 is 5.32 Å². The summed E-state index contributed by atoms with van der Waals surface area (Å²) in [5.41, 5.74) is 2.49. The molecule has 4 unspecified atom stereocenters. The van der Waals surface area contributed by atoms with Crippen LogP contribution in [0.5, 0.6) is 0 Å². The zero-order valence-corrected chi connectivity index (χ0v) is 11.6. The van der Waals surface area contributed by atoms with Crippen LogP contribution in [0.2, 0.25) is 5.02 Å². The summed E-state index contributed by atoms with van der Waals surface area (Å²) in [6.45, 7) is 3.03. The average Bonchev–Trinajstić information content (AvgIpc) is 2.75. The first-order valence-corrected chi connectivity index (χ1v) is 7.60. The van der Waals surface area contributed by atoms with Crippen LogP contribution >= 0.6 is 11.6 Å². The van der Waals surface area contributed by atoms with Crippen molar-refractivity contribution in [3.63, 3.8) is 0 Å². The lowest BCUT2D eigenvalue weighted by Gasteiger charge is -2.11. The molecule has 3 aliphatic rings. The van der Waals surface area contributed by atoms with Crippen molar-refractivity contribution in [2.24, 2.45) is 23.7 Å². The first kappa shape index (κ1) is 11.3. The Labute approximate surface area is 114 Å². The molecule has 4 atom stereocenters. The van der Waals surface area contributed by atoms with Gasteiger partial charge in [-0.05, 0) is 67.1 Å². The first-order valence-electron chi connectivity index (χ1n) is 7.22. The van der Waals surface area contributed by atoms with Crippen molar-refractivity contribution in [2.75, 3.05) is 0 Å². The highest BCUT2D eigenvalue weighted by Gasteiger charge is 2.64. The third-order valence-electron chi connectivity index (χ3n) is 5.47. The van der Waals surface area contributed by atoms with E-state index < -0.39 is 0 Å². The molecule has 3 saturated carbocycles. The quantitative estimate of drug-likeness (QED) is 0.873. The average molecular weight is 262 g/mol. The Balaban J connectivity index is 1.40. The molecule has 0 radical (unpaired) electrons. The fraction of sp³-hybridized carbons (Fsp3) is 0.625. The Kier molecular flexibility index (Phi) is 2.50. The zero-order chi connectivity index (χ0) is 12.3. The largest absolute Gasteiger partial charge is 0.309 e. The molecule has 0 heterocycles. The van der Waals surface area contributed by atoms with E-state index in [0.717, 1.165) is 41.3 Å². The molecule has 4 rings (SSSR count). The van der Waals surface area contributed by atoms with Gasteiger partial charge in [0.25, 0.3) is 0 Å². The number of fused-ring (bicyclic) bond motifs is 5. The Morgan fingerprint density at radius 3 is 2.61 bits per heavy atom. The summed E-state index contributed by atoms with van der Waals surface area (Å²) in [6.07, 6.45) is 4.52. The monoisotopic (exact) mass is 261 g/mol. The predicted molar refractivity (Wildman–Crippen MR) is 74.6 cm³/mol. The van der Waals surface area contributed by atoms with E-state index in [4.69, 9.17) is 11.6 Å². The first-order chi connectivity index (χ1) is 8.74. The van der Waals surface area contributed by atoms with E-state index in [0.29, 0.717) is 0 Å². The lowest BCUT2D eigenvalue weighted by Crippen LogP contribution is -2.22. The Bertz CT molecular complexity index is 468. The van der Waals surface area contributed by atoms with E-state index in [1.807, 2.05) is 0 Å². The molecule has 1 nitrogen and oxygen atoms in total. The molecule has 1 aromatic rings. The van der Waals surface area contributed by atoms with Crippen molar-refractivity contribution in [1.82, 2.24) is 5.32 Å². The maximum Gasteiger partial charge on any atom is 0.0453 e. The third kappa shape index (κ3) is 1.64. The van der Waals surface area contributed by atoms with E-state index in [-0.39, 0.29) is 0 Å². The molecule has 0 saturated heterocycles. The van der Waals surface area contributed by atoms with Crippen molar-refractivity contribution in [2.45, 2.75) is 38.8 Å².